The maximum absolute atomic E-state index is 9.81. The summed E-state index contributed by atoms with van der Waals surface area (Å²) in [7, 11) is 0. The molecule has 0 amide bonds. The number of benzene rings is 1. The lowest BCUT2D eigenvalue weighted by molar-refractivity contribution is 0.126. The standard InChI is InChI=1S/C13H15N3O2S/c14-10-1-3-12(4-2-10)18-7-11(17)8-19-13-5-6-15-9-16-13/h1-6,9,11,17H,7-8,14H2. The molecule has 3 N–H and O–H groups in total. The van der Waals surface area contributed by atoms with E-state index < -0.39 is 6.10 Å². The van der Waals surface area contributed by atoms with Crippen LogP contribution in [0.15, 0.2) is 47.9 Å². The zero-order chi connectivity index (χ0) is 13.5. The summed E-state index contributed by atoms with van der Waals surface area (Å²) in [6.07, 6.45) is 2.60. The highest BCUT2D eigenvalue weighted by Crippen LogP contribution is 2.16. The van der Waals surface area contributed by atoms with Gasteiger partial charge in [-0.25, -0.2) is 9.97 Å². The van der Waals surface area contributed by atoms with Gasteiger partial charge in [-0.3, -0.25) is 0 Å². The van der Waals surface area contributed by atoms with E-state index in [0.29, 0.717) is 17.2 Å². The third-order valence-corrected chi connectivity index (χ3v) is 3.39. The van der Waals surface area contributed by atoms with E-state index in [-0.39, 0.29) is 6.61 Å². The van der Waals surface area contributed by atoms with Gasteiger partial charge in [-0.1, -0.05) is 0 Å². The number of nitrogens with zero attached hydrogens (tertiary/aromatic N) is 2. The molecule has 0 spiro atoms. The van der Waals surface area contributed by atoms with Crippen LogP contribution < -0.4 is 10.5 Å². The van der Waals surface area contributed by atoms with E-state index in [1.807, 2.05) is 0 Å². The molecule has 0 radical (unpaired) electrons. The molecule has 1 aromatic carbocycles. The highest BCUT2D eigenvalue weighted by atomic mass is 32.2. The predicted octanol–water partition coefficient (Wildman–Crippen LogP) is 1.59. The van der Waals surface area contributed by atoms with E-state index in [4.69, 9.17) is 10.5 Å². The lowest BCUT2D eigenvalue weighted by Gasteiger charge is -2.11. The molecule has 1 aromatic heterocycles. The van der Waals surface area contributed by atoms with Gasteiger partial charge in [-0.2, -0.15) is 0 Å². The molecule has 0 bridgehead atoms. The molecular formula is C13H15N3O2S. The zero-order valence-corrected chi connectivity index (χ0v) is 11.1. The molecule has 1 atom stereocenters. The van der Waals surface area contributed by atoms with Crippen LogP contribution in [0, 0.1) is 0 Å². The van der Waals surface area contributed by atoms with Gasteiger partial charge in [-0.05, 0) is 30.3 Å². The molecule has 0 saturated carbocycles. The predicted molar refractivity (Wildman–Crippen MR) is 75.1 cm³/mol. The minimum atomic E-state index is -0.558. The van der Waals surface area contributed by atoms with Crippen molar-refractivity contribution in [3.63, 3.8) is 0 Å². The minimum Gasteiger partial charge on any atom is -0.491 e. The first-order valence-electron chi connectivity index (χ1n) is 5.79. The van der Waals surface area contributed by atoms with Crippen LogP contribution in [0.3, 0.4) is 0 Å². The second kappa shape index (κ2) is 6.96. The number of aromatic nitrogens is 2. The molecule has 0 saturated heterocycles. The van der Waals surface area contributed by atoms with Gasteiger partial charge in [0.1, 0.15) is 18.7 Å². The number of aliphatic hydroxyl groups is 1. The molecule has 100 valence electrons. The van der Waals surface area contributed by atoms with Gasteiger partial charge in [0.15, 0.2) is 0 Å². The Labute approximate surface area is 115 Å². The van der Waals surface area contributed by atoms with Crippen molar-refractivity contribution in [2.75, 3.05) is 18.1 Å². The van der Waals surface area contributed by atoms with Crippen molar-refractivity contribution in [3.05, 3.63) is 42.9 Å². The highest BCUT2D eigenvalue weighted by molar-refractivity contribution is 7.99. The number of nitrogens with two attached hydrogens (primary N) is 1. The summed E-state index contributed by atoms with van der Waals surface area (Å²) >= 11 is 1.47. The fourth-order valence-corrected chi connectivity index (χ4v) is 2.09. The van der Waals surface area contributed by atoms with Crippen molar-refractivity contribution < 1.29 is 9.84 Å². The zero-order valence-electron chi connectivity index (χ0n) is 10.3. The first kappa shape index (κ1) is 13.6. The lowest BCUT2D eigenvalue weighted by atomic mass is 10.3. The molecule has 0 aliphatic heterocycles. The Morgan fingerprint density at radius 3 is 2.74 bits per heavy atom. The Hall–Kier alpha value is -1.79. The first-order chi connectivity index (χ1) is 9.24. The van der Waals surface area contributed by atoms with Gasteiger partial charge in [0.05, 0.1) is 11.1 Å². The van der Waals surface area contributed by atoms with Gasteiger partial charge in [0, 0.05) is 17.6 Å². The molecule has 1 heterocycles. The van der Waals surface area contributed by atoms with Crippen LogP contribution in [0.2, 0.25) is 0 Å². The SMILES string of the molecule is Nc1ccc(OCC(O)CSc2ccncn2)cc1. The highest BCUT2D eigenvalue weighted by Gasteiger charge is 2.07. The van der Waals surface area contributed by atoms with Crippen LogP contribution in [-0.2, 0) is 0 Å². The summed E-state index contributed by atoms with van der Waals surface area (Å²) < 4.78 is 5.46. The van der Waals surface area contributed by atoms with Gasteiger partial charge >= 0.3 is 0 Å². The van der Waals surface area contributed by atoms with Crippen LogP contribution in [0.25, 0.3) is 0 Å². The van der Waals surface area contributed by atoms with Gasteiger partial charge in [0.25, 0.3) is 0 Å². The lowest BCUT2D eigenvalue weighted by Crippen LogP contribution is -2.20. The van der Waals surface area contributed by atoms with Gasteiger partial charge in [0.2, 0.25) is 0 Å². The fourth-order valence-electron chi connectivity index (χ4n) is 1.35. The Morgan fingerprint density at radius 1 is 1.26 bits per heavy atom. The smallest absolute Gasteiger partial charge is 0.119 e. The Balaban J connectivity index is 1.72. The van der Waals surface area contributed by atoms with Crippen LogP contribution >= 0.6 is 11.8 Å². The molecular weight excluding hydrogens is 262 g/mol. The average Bonchev–Trinajstić information content (AvgIpc) is 2.45. The summed E-state index contributed by atoms with van der Waals surface area (Å²) in [5, 5.41) is 10.6. The van der Waals surface area contributed by atoms with Crippen LogP contribution in [0.1, 0.15) is 0 Å². The van der Waals surface area contributed by atoms with Crippen molar-refractivity contribution in [1.29, 1.82) is 0 Å². The van der Waals surface area contributed by atoms with E-state index in [1.54, 1.807) is 36.5 Å². The molecule has 6 heteroatoms. The Bertz CT molecular complexity index is 493. The normalized spacial score (nSPS) is 12.1. The maximum Gasteiger partial charge on any atom is 0.119 e. The summed E-state index contributed by atoms with van der Waals surface area (Å²) in [6.45, 7) is 0.238. The number of ether oxygens (including phenoxy) is 1. The second-order valence-corrected chi connectivity index (χ2v) is 4.93. The first-order valence-corrected chi connectivity index (χ1v) is 6.78. The largest absolute Gasteiger partial charge is 0.491 e. The van der Waals surface area contributed by atoms with E-state index >= 15 is 0 Å². The molecule has 2 aromatic rings. The number of hydrogen-bond acceptors (Lipinski definition) is 6. The number of thioether (sulfide) groups is 1. The van der Waals surface area contributed by atoms with E-state index in [1.165, 1.54) is 18.1 Å². The minimum absolute atomic E-state index is 0.238. The monoisotopic (exact) mass is 277 g/mol. The summed E-state index contributed by atoms with van der Waals surface area (Å²) in [5.74, 6) is 1.21. The van der Waals surface area contributed by atoms with Crippen molar-refractivity contribution >= 4 is 17.4 Å². The molecule has 0 aliphatic rings. The number of aliphatic hydroxyl groups excluding tert-OH is 1. The molecule has 5 nitrogen and oxygen atoms in total. The Kier molecular flexibility index (Phi) is 5.00. The van der Waals surface area contributed by atoms with E-state index in [9.17, 15) is 5.11 Å². The third-order valence-electron chi connectivity index (χ3n) is 2.30. The van der Waals surface area contributed by atoms with Crippen LogP contribution in [-0.4, -0.2) is 33.5 Å². The molecule has 0 aliphatic carbocycles. The molecule has 1 unspecified atom stereocenters. The van der Waals surface area contributed by atoms with Crippen molar-refractivity contribution in [2.45, 2.75) is 11.1 Å². The quantitative estimate of drug-likeness (QED) is 0.474. The topological polar surface area (TPSA) is 81.3 Å². The fraction of sp³-hybridized carbons (Fsp3) is 0.231. The molecule has 0 fully saturated rings. The number of anilines is 1. The molecule has 19 heavy (non-hydrogen) atoms. The van der Waals surface area contributed by atoms with Crippen molar-refractivity contribution in [1.82, 2.24) is 9.97 Å². The average molecular weight is 277 g/mol. The third kappa shape index (κ3) is 4.76. The Morgan fingerprint density at radius 2 is 2.05 bits per heavy atom. The number of nitrogen functional groups attached to an aromatic ring is 1. The summed E-state index contributed by atoms with van der Waals surface area (Å²) in [6, 6.07) is 8.88. The second-order valence-electron chi connectivity index (χ2n) is 3.89. The van der Waals surface area contributed by atoms with Crippen LogP contribution in [0.4, 0.5) is 5.69 Å². The molecule has 2 rings (SSSR count). The number of rotatable bonds is 6. The van der Waals surface area contributed by atoms with E-state index in [0.717, 1.165) is 5.03 Å². The van der Waals surface area contributed by atoms with Crippen molar-refractivity contribution in [3.8, 4) is 5.75 Å². The maximum atomic E-state index is 9.81. The van der Waals surface area contributed by atoms with E-state index in [2.05, 4.69) is 9.97 Å². The van der Waals surface area contributed by atoms with Gasteiger partial charge in [-0.15, -0.1) is 11.8 Å². The summed E-state index contributed by atoms with van der Waals surface area (Å²) in [4.78, 5) is 7.90. The summed E-state index contributed by atoms with van der Waals surface area (Å²) in [5.41, 5.74) is 6.26. The van der Waals surface area contributed by atoms with Crippen molar-refractivity contribution in [2.24, 2.45) is 0 Å². The number of hydrogen-bond donors (Lipinski definition) is 2. The van der Waals surface area contributed by atoms with Crippen LogP contribution in [0.5, 0.6) is 5.75 Å². The van der Waals surface area contributed by atoms with Gasteiger partial charge < -0.3 is 15.6 Å².